The highest BCUT2D eigenvalue weighted by atomic mass is 16.6. The predicted octanol–water partition coefficient (Wildman–Crippen LogP) is 1.60. The molecule has 20 heavy (non-hydrogen) atoms. The third-order valence-electron chi connectivity index (χ3n) is 4.76. The van der Waals surface area contributed by atoms with E-state index < -0.39 is 17.2 Å². The van der Waals surface area contributed by atoms with Gasteiger partial charge in [0.2, 0.25) is 0 Å². The minimum absolute atomic E-state index is 0.0317. The van der Waals surface area contributed by atoms with Crippen molar-refractivity contribution < 1.29 is 23.8 Å². The Bertz CT molecular complexity index is 483. The Kier molecular flexibility index (Phi) is 2.77. The normalized spacial score (nSPS) is 44.6. The van der Waals surface area contributed by atoms with Crippen molar-refractivity contribution in [3.05, 3.63) is 12.7 Å². The Hall–Kier alpha value is -1.36. The van der Waals surface area contributed by atoms with Crippen molar-refractivity contribution >= 4 is 11.9 Å². The van der Waals surface area contributed by atoms with Crippen LogP contribution in [0.3, 0.4) is 0 Å². The number of hydrogen-bond acceptors (Lipinski definition) is 5. The first kappa shape index (κ1) is 13.6. The molecule has 0 radical (unpaired) electrons. The van der Waals surface area contributed by atoms with Gasteiger partial charge in [-0.25, -0.2) is 4.79 Å². The van der Waals surface area contributed by atoms with E-state index in [1.165, 1.54) is 6.08 Å². The number of fused-ring (bicyclic) bond motifs is 5. The molecule has 3 saturated heterocycles. The maximum atomic E-state index is 12.1. The first-order valence-corrected chi connectivity index (χ1v) is 6.99. The molecule has 110 valence electrons. The molecule has 5 heteroatoms. The van der Waals surface area contributed by atoms with Crippen molar-refractivity contribution in [2.24, 2.45) is 11.8 Å². The van der Waals surface area contributed by atoms with Crippen LogP contribution in [0.25, 0.3) is 0 Å². The zero-order valence-corrected chi connectivity index (χ0v) is 12.0. The second-order valence-corrected chi connectivity index (χ2v) is 6.77. The fourth-order valence-corrected chi connectivity index (χ4v) is 4.08. The third kappa shape index (κ3) is 1.87. The summed E-state index contributed by atoms with van der Waals surface area (Å²) in [6.07, 6.45) is 1.94. The smallest absolute Gasteiger partial charge is 0.330 e. The maximum absolute atomic E-state index is 12.1. The third-order valence-corrected chi connectivity index (χ3v) is 4.76. The zero-order valence-electron chi connectivity index (χ0n) is 12.0. The van der Waals surface area contributed by atoms with Gasteiger partial charge in [0.25, 0.3) is 0 Å². The van der Waals surface area contributed by atoms with E-state index in [4.69, 9.17) is 14.2 Å². The molecule has 3 aliphatic heterocycles. The summed E-state index contributed by atoms with van der Waals surface area (Å²) in [4.78, 5) is 23.6. The summed E-state index contributed by atoms with van der Waals surface area (Å²) >= 11 is 0. The summed E-state index contributed by atoms with van der Waals surface area (Å²) in [6, 6.07) is 0. The average molecular weight is 280 g/mol. The molecule has 3 heterocycles. The van der Waals surface area contributed by atoms with Gasteiger partial charge in [0.05, 0.1) is 18.1 Å². The Morgan fingerprint density at radius 3 is 2.65 bits per heavy atom. The molecule has 0 spiro atoms. The molecular weight excluding hydrogens is 260 g/mol. The van der Waals surface area contributed by atoms with E-state index in [0.717, 1.165) is 0 Å². The van der Waals surface area contributed by atoms with E-state index >= 15 is 0 Å². The van der Waals surface area contributed by atoms with E-state index in [-0.39, 0.29) is 30.0 Å². The molecule has 5 unspecified atom stereocenters. The lowest BCUT2D eigenvalue weighted by molar-refractivity contribution is -0.179. The van der Waals surface area contributed by atoms with Gasteiger partial charge in [0, 0.05) is 24.8 Å². The highest BCUT2D eigenvalue weighted by molar-refractivity contribution is 5.81. The maximum Gasteiger partial charge on any atom is 0.330 e. The van der Waals surface area contributed by atoms with E-state index in [1.54, 1.807) is 0 Å². The molecule has 5 atom stereocenters. The minimum Gasteiger partial charge on any atom is -0.459 e. The van der Waals surface area contributed by atoms with Crippen LogP contribution in [-0.2, 0) is 23.8 Å². The quantitative estimate of drug-likeness (QED) is 0.568. The molecule has 0 aromatic heterocycles. The SMILES string of the molecule is C=CC(=O)OC1(C)CC2OC(C1)C1C2C(=O)OC1(C)C. The number of ether oxygens (including phenoxy) is 3. The van der Waals surface area contributed by atoms with Crippen LogP contribution >= 0.6 is 0 Å². The molecule has 0 aromatic carbocycles. The Morgan fingerprint density at radius 1 is 1.35 bits per heavy atom. The van der Waals surface area contributed by atoms with Crippen molar-refractivity contribution in [1.29, 1.82) is 0 Å². The van der Waals surface area contributed by atoms with E-state index in [9.17, 15) is 9.59 Å². The molecule has 3 rings (SSSR count). The van der Waals surface area contributed by atoms with Gasteiger partial charge in [0.15, 0.2) is 0 Å². The van der Waals surface area contributed by atoms with Crippen molar-refractivity contribution in [2.45, 2.75) is 57.0 Å². The second-order valence-electron chi connectivity index (χ2n) is 6.77. The van der Waals surface area contributed by atoms with Gasteiger partial charge in [-0.2, -0.15) is 0 Å². The van der Waals surface area contributed by atoms with Crippen molar-refractivity contribution in [1.82, 2.24) is 0 Å². The molecule has 5 nitrogen and oxygen atoms in total. The Balaban J connectivity index is 1.86. The molecule has 0 aromatic rings. The standard InChI is InChI=1S/C15H20O5/c1-5-10(16)19-15(4)6-8-11-12(9(7-15)18-8)14(2,3)20-13(11)17/h5,8-9,11-12H,1,6-7H2,2-4H3. The van der Waals surface area contributed by atoms with Crippen molar-refractivity contribution in [2.75, 3.05) is 0 Å². The molecule has 3 aliphatic rings. The van der Waals surface area contributed by atoms with Crippen molar-refractivity contribution in [3.8, 4) is 0 Å². The molecular formula is C15H20O5. The second kappa shape index (κ2) is 4.07. The molecule has 0 aliphatic carbocycles. The highest BCUT2D eigenvalue weighted by Gasteiger charge is 2.65. The largest absolute Gasteiger partial charge is 0.459 e. The van der Waals surface area contributed by atoms with Crippen LogP contribution in [0.2, 0.25) is 0 Å². The molecule has 0 amide bonds. The lowest BCUT2D eigenvalue weighted by Crippen LogP contribution is -2.45. The molecule has 0 N–H and O–H groups in total. The predicted molar refractivity (Wildman–Crippen MR) is 69.7 cm³/mol. The van der Waals surface area contributed by atoms with Crippen LogP contribution < -0.4 is 0 Å². The van der Waals surface area contributed by atoms with Gasteiger partial charge in [0.1, 0.15) is 11.2 Å². The van der Waals surface area contributed by atoms with E-state index in [1.807, 2.05) is 20.8 Å². The summed E-state index contributed by atoms with van der Waals surface area (Å²) in [5.41, 5.74) is -1.12. The first-order chi connectivity index (χ1) is 9.26. The van der Waals surface area contributed by atoms with Gasteiger partial charge in [-0.1, -0.05) is 6.58 Å². The van der Waals surface area contributed by atoms with Crippen LogP contribution in [0.4, 0.5) is 0 Å². The van der Waals surface area contributed by atoms with E-state index in [0.29, 0.717) is 12.8 Å². The minimum atomic E-state index is -0.598. The number of rotatable bonds is 2. The van der Waals surface area contributed by atoms with Gasteiger partial charge in [-0.3, -0.25) is 4.79 Å². The highest BCUT2D eigenvalue weighted by Crippen LogP contribution is 2.54. The molecule has 0 saturated carbocycles. The summed E-state index contributed by atoms with van der Waals surface area (Å²) in [5, 5.41) is 0. The summed E-state index contributed by atoms with van der Waals surface area (Å²) in [6.45, 7) is 9.17. The number of esters is 2. The Labute approximate surface area is 118 Å². The van der Waals surface area contributed by atoms with E-state index in [2.05, 4.69) is 6.58 Å². The van der Waals surface area contributed by atoms with Gasteiger partial charge >= 0.3 is 11.9 Å². The Morgan fingerprint density at radius 2 is 2.00 bits per heavy atom. The number of carbonyl (C=O) groups is 2. The molecule has 2 bridgehead atoms. The lowest BCUT2D eigenvalue weighted by atomic mass is 9.80. The van der Waals surface area contributed by atoms with Crippen LogP contribution in [0.15, 0.2) is 12.7 Å². The monoisotopic (exact) mass is 280 g/mol. The van der Waals surface area contributed by atoms with Crippen LogP contribution in [0.1, 0.15) is 33.6 Å². The lowest BCUT2D eigenvalue weighted by Gasteiger charge is -2.39. The summed E-state index contributed by atoms with van der Waals surface area (Å²) in [5.74, 6) is -0.823. The van der Waals surface area contributed by atoms with Gasteiger partial charge in [-0.15, -0.1) is 0 Å². The fraction of sp³-hybridized carbons (Fsp3) is 0.733. The summed E-state index contributed by atoms with van der Waals surface area (Å²) in [7, 11) is 0. The van der Waals surface area contributed by atoms with Crippen LogP contribution in [-0.4, -0.2) is 35.3 Å². The zero-order chi connectivity index (χ0) is 14.7. The topological polar surface area (TPSA) is 61.8 Å². The first-order valence-electron chi connectivity index (χ1n) is 6.99. The number of carbonyl (C=O) groups excluding carboxylic acids is 2. The number of hydrogen-bond donors (Lipinski definition) is 0. The van der Waals surface area contributed by atoms with Gasteiger partial charge < -0.3 is 14.2 Å². The van der Waals surface area contributed by atoms with Crippen LogP contribution in [0, 0.1) is 11.8 Å². The summed E-state index contributed by atoms with van der Waals surface area (Å²) < 4.78 is 16.9. The van der Waals surface area contributed by atoms with Gasteiger partial charge in [-0.05, 0) is 20.8 Å². The fourth-order valence-electron chi connectivity index (χ4n) is 4.08. The average Bonchev–Trinajstić information content (AvgIpc) is 2.73. The number of cyclic esters (lactones) is 1. The molecule has 3 fully saturated rings. The van der Waals surface area contributed by atoms with Crippen LogP contribution in [0.5, 0.6) is 0 Å². The van der Waals surface area contributed by atoms with Crippen molar-refractivity contribution in [3.63, 3.8) is 0 Å².